The number of nitrogens with zero attached hydrogens (tertiary/aromatic N) is 2. The minimum Gasteiger partial charge on any atom is -0.306 e. The van der Waals surface area contributed by atoms with Crippen LogP contribution in [0.3, 0.4) is 0 Å². The number of aromatic nitrogens is 2. The van der Waals surface area contributed by atoms with E-state index in [1.807, 2.05) is 0 Å². The van der Waals surface area contributed by atoms with Gasteiger partial charge in [-0.3, -0.25) is 14.9 Å². The Labute approximate surface area is 163 Å². The maximum atomic E-state index is 12.6. The molecular formula is C19H16ClN3O3S. The first-order chi connectivity index (χ1) is 13.0. The van der Waals surface area contributed by atoms with Crippen LogP contribution in [0.4, 0.5) is 5.69 Å². The molecule has 0 fully saturated rings. The van der Waals surface area contributed by atoms with Crippen LogP contribution >= 0.6 is 22.9 Å². The van der Waals surface area contributed by atoms with Gasteiger partial charge in [0, 0.05) is 10.9 Å². The van der Waals surface area contributed by atoms with E-state index in [-0.39, 0.29) is 16.3 Å². The second-order valence-electron chi connectivity index (χ2n) is 6.50. The maximum Gasteiger partial charge on any atom is 0.288 e. The monoisotopic (exact) mass is 401 g/mol. The van der Waals surface area contributed by atoms with E-state index in [0.717, 1.165) is 41.5 Å². The van der Waals surface area contributed by atoms with E-state index in [0.29, 0.717) is 11.4 Å². The molecule has 0 amide bonds. The van der Waals surface area contributed by atoms with Gasteiger partial charge >= 0.3 is 0 Å². The van der Waals surface area contributed by atoms with Crippen molar-refractivity contribution in [1.82, 2.24) is 9.97 Å². The number of halogens is 1. The van der Waals surface area contributed by atoms with Crippen LogP contribution in [0.1, 0.15) is 41.1 Å². The van der Waals surface area contributed by atoms with E-state index in [9.17, 15) is 14.9 Å². The highest BCUT2D eigenvalue weighted by Gasteiger charge is 2.18. The zero-order valence-electron chi connectivity index (χ0n) is 14.3. The minimum absolute atomic E-state index is 0.0881. The molecule has 6 nitrogen and oxygen atoms in total. The zero-order valence-corrected chi connectivity index (χ0v) is 15.9. The Morgan fingerprint density at radius 2 is 2.04 bits per heavy atom. The molecule has 0 spiro atoms. The van der Waals surface area contributed by atoms with Crippen molar-refractivity contribution in [2.75, 3.05) is 0 Å². The quantitative estimate of drug-likeness (QED) is 0.380. The highest BCUT2D eigenvalue weighted by Crippen LogP contribution is 2.33. The molecule has 1 aromatic carbocycles. The Hall–Kier alpha value is -2.51. The summed E-state index contributed by atoms with van der Waals surface area (Å²) in [5.74, 6) is 0.432. The van der Waals surface area contributed by atoms with Gasteiger partial charge in [0.15, 0.2) is 0 Å². The fraction of sp³-hybridized carbons (Fsp3) is 0.263. The molecule has 0 atom stereocenters. The number of aromatic amines is 1. The summed E-state index contributed by atoms with van der Waals surface area (Å²) in [5, 5.41) is 11.8. The van der Waals surface area contributed by atoms with Gasteiger partial charge in [-0.1, -0.05) is 30.2 Å². The molecule has 0 unspecified atom stereocenters. The van der Waals surface area contributed by atoms with E-state index in [2.05, 4.69) is 9.97 Å². The van der Waals surface area contributed by atoms with E-state index >= 15 is 0 Å². The van der Waals surface area contributed by atoms with E-state index in [1.54, 1.807) is 29.6 Å². The average Bonchev–Trinajstić information content (AvgIpc) is 2.83. The number of nitrogens with one attached hydrogen (secondary N) is 1. The predicted molar refractivity (Wildman–Crippen MR) is 109 cm³/mol. The Morgan fingerprint density at radius 1 is 1.22 bits per heavy atom. The van der Waals surface area contributed by atoms with Gasteiger partial charge in [0.25, 0.3) is 11.2 Å². The fourth-order valence-electron chi connectivity index (χ4n) is 3.38. The van der Waals surface area contributed by atoms with Crippen LogP contribution < -0.4 is 5.56 Å². The summed E-state index contributed by atoms with van der Waals surface area (Å²) in [6.45, 7) is 0. The van der Waals surface area contributed by atoms with E-state index in [1.165, 1.54) is 23.4 Å². The number of rotatable bonds is 3. The number of H-pyrrole nitrogens is 1. The summed E-state index contributed by atoms with van der Waals surface area (Å²) in [6, 6.07) is 4.55. The standard InChI is InChI=1S/C19H16ClN3O3S/c20-13-8-6-11(10-14(13)23(25)26)7-9-16-21-18(24)17-12-4-2-1-3-5-15(12)27-19(17)22-16/h6-10H,1-5H2,(H,21,22,24)/b9-7+. The lowest BCUT2D eigenvalue weighted by Gasteiger charge is -1.99. The first kappa shape index (κ1) is 17.9. The SMILES string of the molecule is O=c1[nH]c(/C=C/c2ccc(Cl)c([N+](=O)[O-])c2)nc2sc3c(c12)CCCCC3. The summed E-state index contributed by atoms with van der Waals surface area (Å²) < 4.78 is 0. The van der Waals surface area contributed by atoms with Crippen molar-refractivity contribution in [3.63, 3.8) is 0 Å². The number of nitro groups is 1. The molecule has 1 aliphatic rings. The Balaban J connectivity index is 1.71. The Bertz CT molecular complexity index is 1130. The lowest BCUT2D eigenvalue weighted by atomic mass is 10.1. The molecule has 2 heterocycles. The third-order valence-corrected chi connectivity index (χ3v) is 6.20. The molecule has 0 bridgehead atoms. The molecule has 1 N–H and O–H groups in total. The Kier molecular flexibility index (Phi) is 4.80. The molecule has 2 aromatic heterocycles. The summed E-state index contributed by atoms with van der Waals surface area (Å²) in [4.78, 5) is 32.5. The molecule has 0 aliphatic heterocycles. The molecule has 0 saturated heterocycles. The van der Waals surface area contributed by atoms with Gasteiger partial charge in [-0.15, -0.1) is 11.3 Å². The number of nitro benzene ring substituents is 1. The lowest BCUT2D eigenvalue weighted by molar-refractivity contribution is -0.384. The van der Waals surface area contributed by atoms with Crippen LogP contribution in [0.5, 0.6) is 0 Å². The van der Waals surface area contributed by atoms with Gasteiger partial charge < -0.3 is 4.98 Å². The van der Waals surface area contributed by atoms with Crippen molar-refractivity contribution < 1.29 is 4.92 Å². The van der Waals surface area contributed by atoms with Crippen LogP contribution in [0, 0.1) is 10.1 Å². The third-order valence-electron chi connectivity index (χ3n) is 4.69. The van der Waals surface area contributed by atoms with Crippen molar-refractivity contribution in [2.24, 2.45) is 0 Å². The molecule has 8 heteroatoms. The molecule has 1 aliphatic carbocycles. The van der Waals surface area contributed by atoms with Gasteiger partial charge in [-0.25, -0.2) is 4.98 Å². The first-order valence-corrected chi connectivity index (χ1v) is 9.89. The summed E-state index contributed by atoms with van der Waals surface area (Å²) >= 11 is 7.43. The number of hydrogen-bond acceptors (Lipinski definition) is 5. The number of aryl methyl sites for hydroxylation is 2. The van der Waals surface area contributed by atoms with Crippen LogP contribution in [-0.2, 0) is 12.8 Å². The molecule has 4 rings (SSSR count). The largest absolute Gasteiger partial charge is 0.306 e. The number of fused-ring (bicyclic) bond motifs is 3. The molecular weight excluding hydrogens is 386 g/mol. The summed E-state index contributed by atoms with van der Waals surface area (Å²) in [5.41, 5.74) is 1.49. The van der Waals surface area contributed by atoms with Crippen molar-refractivity contribution in [3.05, 3.63) is 65.5 Å². The third kappa shape index (κ3) is 3.52. The molecule has 0 saturated carbocycles. The van der Waals surface area contributed by atoms with Crippen molar-refractivity contribution >= 4 is 51.0 Å². The molecule has 0 radical (unpaired) electrons. The second kappa shape index (κ2) is 7.25. The smallest absolute Gasteiger partial charge is 0.288 e. The van der Waals surface area contributed by atoms with Gasteiger partial charge in [0.1, 0.15) is 15.7 Å². The normalized spacial score (nSPS) is 14.4. The summed E-state index contributed by atoms with van der Waals surface area (Å²) in [7, 11) is 0. The van der Waals surface area contributed by atoms with Crippen LogP contribution in [-0.4, -0.2) is 14.9 Å². The lowest BCUT2D eigenvalue weighted by Crippen LogP contribution is -2.10. The number of thiophene rings is 1. The van der Waals surface area contributed by atoms with E-state index < -0.39 is 4.92 Å². The second-order valence-corrected chi connectivity index (χ2v) is 7.99. The Morgan fingerprint density at radius 3 is 2.85 bits per heavy atom. The first-order valence-electron chi connectivity index (χ1n) is 8.69. The van der Waals surface area contributed by atoms with Crippen LogP contribution in [0.15, 0.2) is 23.0 Å². The van der Waals surface area contributed by atoms with Crippen molar-refractivity contribution in [1.29, 1.82) is 0 Å². The summed E-state index contributed by atoms with van der Waals surface area (Å²) in [6.07, 6.45) is 8.72. The highest BCUT2D eigenvalue weighted by atomic mass is 35.5. The minimum atomic E-state index is -0.523. The van der Waals surface area contributed by atoms with Gasteiger partial charge in [-0.2, -0.15) is 0 Å². The van der Waals surface area contributed by atoms with E-state index in [4.69, 9.17) is 11.6 Å². The van der Waals surface area contributed by atoms with Gasteiger partial charge in [-0.05, 0) is 49.0 Å². The van der Waals surface area contributed by atoms with Crippen LogP contribution in [0.25, 0.3) is 22.4 Å². The zero-order chi connectivity index (χ0) is 19.0. The highest BCUT2D eigenvalue weighted by molar-refractivity contribution is 7.18. The average molecular weight is 402 g/mol. The number of benzene rings is 1. The van der Waals surface area contributed by atoms with Crippen LogP contribution in [0.2, 0.25) is 5.02 Å². The molecule has 3 aromatic rings. The predicted octanol–water partition coefficient (Wildman–Crippen LogP) is 4.99. The molecule has 27 heavy (non-hydrogen) atoms. The topological polar surface area (TPSA) is 88.9 Å². The van der Waals surface area contributed by atoms with Gasteiger partial charge in [0.2, 0.25) is 0 Å². The van der Waals surface area contributed by atoms with Crippen molar-refractivity contribution in [3.8, 4) is 0 Å². The van der Waals surface area contributed by atoms with Crippen molar-refractivity contribution in [2.45, 2.75) is 32.1 Å². The molecule has 138 valence electrons. The maximum absolute atomic E-state index is 12.6. The fourth-order valence-corrected chi connectivity index (χ4v) is 4.84. The van der Waals surface area contributed by atoms with Gasteiger partial charge in [0.05, 0.1) is 10.3 Å². The number of hydrogen-bond donors (Lipinski definition) is 1.